The lowest BCUT2D eigenvalue weighted by molar-refractivity contribution is -0.130. The van der Waals surface area contributed by atoms with E-state index in [-0.39, 0.29) is 16.3 Å². The van der Waals surface area contributed by atoms with Crippen LogP contribution in [0.15, 0.2) is 47.5 Å². The highest BCUT2D eigenvalue weighted by Gasteiger charge is 2.41. The molecular weight excluding hydrogens is 459 g/mol. The number of carbonyl (C=O) groups is 2. The van der Waals surface area contributed by atoms with Crippen LogP contribution in [0.25, 0.3) is 0 Å². The van der Waals surface area contributed by atoms with Crippen LogP contribution in [0.5, 0.6) is 0 Å². The molecule has 3 atom stereocenters. The van der Waals surface area contributed by atoms with Gasteiger partial charge in [-0.2, -0.15) is 4.39 Å². The lowest BCUT2D eigenvalue weighted by Gasteiger charge is -2.26. The molecular formula is C20H16Cl3F2N3O2. The summed E-state index contributed by atoms with van der Waals surface area (Å²) >= 11 is 17.5. The maximum absolute atomic E-state index is 14.7. The van der Waals surface area contributed by atoms with Crippen LogP contribution in [0.2, 0.25) is 10.0 Å². The van der Waals surface area contributed by atoms with Crippen molar-refractivity contribution in [3.8, 4) is 0 Å². The molecule has 0 aliphatic carbocycles. The molecule has 2 N–H and O–H groups in total. The maximum Gasteiger partial charge on any atom is 0.234 e. The molecule has 2 aromatic rings. The zero-order valence-corrected chi connectivity index (χ0v) is 17.8. The first-order valence-corrected chi connectivity index (χ1v) is 9.69. The molecule has 0 fully saturated rings. The van der Waals surface area contributed by atoms with E-state index in [1.807, 2.05) is 0 Å². The molecule has 158 valence electrons. The number of nitrogens with one attached hydrogen (secondary N) is 2. The van der Waals surface area contributed by atoms with Crippen molar-refractivity contribution >= 4 is 63.7 Å². The summed E-state index contributed by atoms with van der Waals surface area (Å²) < 4.78 is 29.1. The van der Waals surface area contributed by atoms with Crippen LogP contribution in [0.3, 0.4) is 0 Å². The summed E-state index contributed by atoms with van der Waals surface area (Å²) in [7, 11) is 1.36. The summed E-state index contributed by atoms with van der Waals surface area (Å²) in [6.07, 6.45) is 0.494. The fourth-order valence-corrected chi connectivity index (χ4v) is 3.59. The van der Waals surface area contributed by atoms with E-state index in [1.165, 1.54) is 37.4 Å². The summed E-state index contributed by atoms with van der Waals surface area (Å²) in [5.74, 6) is -6.66. The predicted octanol–water partition coefficient (Wildman–Crippen LogP) is 5.31. The molecule has 30 heavy (non-hydrogen) atoms. The Hall–Kier alpha value is -2.19. The van der Waals surface area contributed by atoms with E-state index in [1.54, 1.807) is 6.07 Å². The topological polar surface area (TPSA) is 82.4 Å². The number of aliphatic imine (C=N–C) groups is 1. The van der Waals surface area contributed by atoms with Gasteiger partial charge in [0.05, 0.1) is 11.7 Å². The minimum Gasteiger partial charge on any atom is -0.312 e. The second-order valence-electron chi connectivity index (χ2n) is 6.14. The zero-order chi connectivity index (χ0) is 22.4. The third kappa shape index (κ3) is 5.49. The lowest BCUT2D eigenvalue weighted by atomic mass is 9.85. The Bertz CT molecular complexity index is 981. The number of hydrogen-bond donors (Lipinski definition) is 2. The zero-order valence-electron chi connectivity index (χ0n) is 15.5. The van der Waals surface area contributed by atoms with Crippen molar-refractivity contribution in [2.24, 2.45) is 16.8 Å². The van der Waals surface area contributed by atoms with Crippen molar-refractivity contribution in [1.82, 2.24) is 5.32 Å². The summed E-state index contributed by atoms with van der Waals surface area (Å²) in [4.78, 5) is 28.8. The van der Waals surface area contributed by atoms with Crippen molar-refractivity contribution in [2.75, 3.05) is 7.05 Å². The van der Waals surface area contributed by atoms with E-state index >= 15 is 0 Å². The molecule has 0 aliphatic rings. The highest BCUT2D eigenvalue weighted by atomic mass is 35.5. The monoisotopic (exact) mass is 473 g/mol. The average molecular weight is 475 g/mol. The highest BCUT2D eigenvalue weighted by Crippen LogP contribution is 2.34. The number of nitrogens with zero attached hydrogens (tertiary/aromatic N) is 1. The smallest absolute Gasteiger partial charge is 0.234 e. The minimum absolute atomic E-state index is 0.0514. The van der Waals surface area contributed by atoms with Gasteiger partial charge in [-0.3, -0.25) is 9.59 Å². The normalized spacial score (nSPS) is 14.7. The Morgan fingerprint density at radius 1 is 1.20 bits per heavy atom. The highest BCUT2D eigenvalue weighted by molar-refractivity contribution is 6.66. The number of ketones is 1. The molecule has 2 rings (SSSR count). The SMILES string of the molecule is CNC(c1c(F)cccc1Cl)C(C(=O)Cl)C(=O)C(C=N)C(F)=Nc1cccc(Cl)c1. The van der Waals surface area contributed by atoms with Crippen LogP contribution < -0.4 is 5.32 Å². The van der Waals surface area contributed by atoms with Gasteiger partial charge < -0.3 is 10.7 Å². The van der Waals surface area contributed by atoms with Crippen LogP contribution >= 0.6 is 34.8 Å². The van der Waals surface area contributed by atoms with E-state index in [0.717, 1.165) is 6.07 Å². The molecule has 10 heteroatoms. The van der Waals surface area contributed by atoms with Gasteiger partial charge in [0.1, 0.15) is 17.7 Å². The first-order valence-electron chi connectivity index (χ1n) is 8.55. The largest absolute Gasteiger partial charge is 0.312 e. The lowest BCUT2D eigenvalue weighted by Crippen LogP contribution is -2.40. The predicted molar refractivity (Wildman–Crippen MR) is 114 cm³/mol. The van der Waals surface area contributed by atoms with Gasteiger partial charge >= 0.3 is 0 Å². The standard InChI is InChI=1S/C20H16Cl3F2N3O2/c1-27-17(15-13(22)6-3-7-14(15)24)16(19(23)30)18(29)12(9-26)20(25)28-11-5-2-4-10(21)8-11/h2-9,12,16-17,26-27H,1H3. The summed E-state index contributed by atoms with van der Waals surface area (Å²) in [6, 6.07) is 8.40. The van der Waals surface area contributed by atoms with Gasteiger partial charge in [0.15, 0.2) is 5.78 Å². The maximum atomic E-state index is 14.7. The Kier molecular flexibility index (Phi) is 8.61. The summed E-state index contributed by atoms with van der Waals surface area (Å²) in [5, 5.41) is 9.19. The molecule has 0 heterocycles. The van der Waals surface area contributed by atoms with Crippen molar-refractivity contribution in [3.05, 3.63) is 63.9 Å². The van der Waals surface area contributed by atoms with E-state index in [4.69, 9.17) is 40.2 Å². The van der Waals surface area contributed by atoms with Crippen LogP contribution in [-0.4, -0.2) is 30.3 Å². The van der Waals surface area contributed by atoms with Gasteiger partial charge in [0, 0.05) is 21.8 Å². The summed E-state index contributed by atoms with van der Waals surface area (Å²) in [6.45, 7) is 0. The fourth-order valence-electron chi connectivity index (χ4n) is 2.89. The van der Waals surface area contributed by atoms with Crippen LogP contribution in [0, 0.1) is 23.1 Å². The Morgan fingerprint density at radius 2 is 1.87 bits per heavy atom. The van der Waals surface area contributed by atoms with Gasteiger partial charge in [-0.05, 0) is 49.0 Å². The minimum atomic E-state index is -1.82. The quantitative estimate of drug-likeness (QED) is 0.293. The third-order valence-corrected chi connectivity index (χ3v) is 5.08. The molecule has 5 nitrogen and oxygen atoms in total. The van der Waals surface area contributed by atoms with E-state index in [0.29, 0.717) is 11.2 Å². The third-order valence-electron chi connectivity index (χ3n) is 4.28. The average Bonchev–Trinajstić information content (AvgIpc) is 2.67. The number of Topliss-reactive ketones (excluding diaryl/α,β-unsaturated/α-hetero) is 1. The number of carbonyl (C=O) groups excluding carboxylic acids is 2. The van der Waals surface area contributed by atoms with Gasteiger partial charge in [-0.1, -0.05) is 35.3 Å². The molecule has 0 spiro atoms. The Labute approximate surface area is 186 Å². The van der Waals surface area contributed by atoms with Crippen molar-refractivity contribution in [1.29, 1.82) is 5.41 Å². The van der Waals surface area contributed by atoms with Crippen molar-refractivity contribution < 1.29 is 18.4 Å². The second-order valence-corrected chi connectivity index (χ2v) is 7.36. The second kappa shape index (κ2) is 10.7. The molecule has 0 bridgehead atoms. The van der Waals surface area contributed by atoms with Crippen molar-refractivity contribution in [3.63, 3.8) is 0 Å². The molecule has 0 radical (unpaired) electrons. The summed E-state index contributed by atoms with van der Waals surface area (Å²) in [5.41, 5.74) is -0.0688. The molecule has 0 aromatic heterocycles. The van der Waals surface area contributed by atoms with Crippen molar-refractivity contribution in [2.45, 2.75) is 6.04 Å². The van der Waals surface area contributed by atoms with Crippen LogP contribution in [0.1, 0.15) is 11.6 Å². The Morgan fingerprint density at radius 3 is 2.40 bits per heavy atom. The van der Waals surface area contributed by atoms with Crippen LogP contribution in [-0.2, 0) is 9.59 Å². The fraction of sp³-hybridized carbons (Fsp3) is 0.200. The Balaban J connectivity index is 2.48. The van der Waals surface area contributed by atoms with Gasteiger partial charge in [-0.25, -0.2) is 9.38 Å². The van der Waals surface area contributed by atoms with Gasteiger partial charge in [-0.15, -0.1) is 0 Å². The van der Waals surface area contributed by atoms with Gasteiger partial charge in [0.25, 0.3) is 0 Å². The number of rotatable bonds is 9. The molecule has 0 saturated carbocycles. The van der Waals surface area contributed by atoms with E-state index in [9.17, 15) is 18.4 Å². The molecule has 0 aliphatic heterocycles. The molecule has 3 unspecified atom stereocenters. The first kappa shape index (κ1) is 24.1. The molecule has 2 aromatic carbocycles. The number of benzene rings is 2. The number of halogens is 5. The van der Waals surface area contributed by atoms with E-state index in [2.05, 4.69) is 10.3 Å². The molecule has 0 amide bonds. The number of hydrogen-bond acceptors (Lipinski definition) is 5. The van der Waals surface area contributed by atoms with Gasteiger partial charge in [0.2, 0.25) is 11.2 Å². The van der Waals surface area contributed by atoms with Crippen LogP contribution in [0.4, 0.5) is 14.5 Å². The molecule has 0 saturated heterocycles. The van der Waals surface area contributed by atoms with E-state index < -0.39 is 40.7 Å². The first-order chi connectivity index (χ1) is 14.2.